The van der Waals surface area contributed by atoms with Crippen LogP contribution in [0.4, 0.5) is 0 Å². The number of ketones is 1. The summed E-state index contributed by atoms with van der Waals surface area (Å²) < 4.78 is 16.1. The van der Waals surface area contributed by atoms with E-state index in [-0.39, 0.29) is 42.1 Å². The predicted octanol–water partition coefficient (Wildman–Crippen LogP) is 3.52. The van der Waals surface area contributed by atoms with Crippen LogP contribution in [0.15, 0.2) is 30.5 Å². The Morgan fingerprint density at radius 3 is 2.50 bits per heavy atom. The number of aromatic hydroxyl groups is 3. The van der Waals surface area contributed by atoms with Gasteiger partial charge >= 0.3 is 5.97 Å². The minimum absolute atomic E-state index is 0.0884. The number of hydrogen-bond donors (Lipinski definition) is 4. The molecule has 200 valence electrons. The predicted molar refractivity (Wildman–Crippen MR) is 134 cm³/mol. The lowest BCUT2D eigenvalue weighted by Gasteiger charge is -2.25. The molecule has 38 heavy (non-hydrogen) atoms. The summed E-state index contributed by atoms with van der Waals surface area (Å²) in [5.74, 6) is -2.69. The van der Waals surface area contributed by atoms with Crippen LogP contribution in [0, 0.1) is 6.92 Å². The summed E-state index contributed by atoms with van der Waals surface area (Å²) in [5.41, 5.74) is 2.20. The number of aromatic nitrogens is 1. The second-order valence-electron chi connectivity index (χ2n) is 9.06. The number of phenols is 2. The normalized spacial score (nSPS) is 15.1. The number of fused-ring (bicyclic) bond motifs is 1. The third kappa shape index (κ3) is 4.64. The Morgan fingerprint density at radius 2 is 1.87 bits per heavy atom. The number of nitrogens with zero attached hydrogens (tertiary/aromatic N) is 1. The molecule has 2 heterocycles. The number of aliphatic hydroxyl groups excluding tert-OH is 1. The van der Waals surface area contributed by atoms with Crippen molar-refractivity contribution in [3.8, 4) is 23.0 Å². The number of carbonyl (C=O) groups is 2. The van der Waals surface area contributed by atoms with Gasteiger partial charge in [0.2, 0.25) is 0 Å². The van der Waals surface area contributed by atoms with Crippen LogP contribution in [0.5, 0.6) is 23.0 Å². The lowest BCUT2D eigenvalue weighted by molar-refractivity contribution is -0.140. The number of pyridine rings is 1. The molecule has 10 nitrogen and oxygen atoms in total. The zero-order valence-electron chi connectivity index (χ0n) is 21.4. The molecule has 0 unspecified atom stereocenters. The van der Waals surface area contributed by atoms with Crippen LogP contribution >= 0.6 is 0 Å². The van der Waals surface area contributed by atoms with Crippen molar-refractivity contribution in [2.24, 2.45) is 0 Å². The van der Waals surface area contributed by atoms with Gasteiger partial charge in [-0.2, -0.15) is 0 Å². The highest BCUT2D eigenvalue weighted by atomic mass is 16.5. The molecule has 0 saturated carbocycles. The van der Waals surface area contributed by atoms with Crippen LogP contribution in [0.3, 0.4) is 0 Å². The maximum absolute atomic E-state index is 12.6. The summed E-state index contributed by atoms with van der Waals surface area (Å²) in [6.45, 7) is 2.64. The molecule has 1 aliphatic rings. The van der Waals surface area contributed by atoms with E-state index in [4.69, 9.17) is 14.2 Å². The molecule has 4 rings (SSSR count). The Kier molecular flexibility index (Phi) is 7.56. The molecule has 0 radical (unpaired) electrons. The number of hydrogen-bond acceptors (Lipinski definition) is 10. The standard InChI is InChI=1S/C28H29NO9/c1-13-25(33)23-17(10-29-13)12-38-28(23)20-8-18(14(2)31)26(34)24(27(20)35)19(9-22(32)37-4)15-5-6-21(36-3)16(7-15)11-30/h5-8,10,19,28,30,33-35H,9,11-12H2,1-4H3/t19-,28-/m0/s1. The molecule has 0 amide bonds. The Labute approximate surface area is 219 Å². The summed E-state index contributed by atoms with van der Waals surface area (Å²) in [6, 6.07) is 6.15. The van der Waals surface area contributed by atoms with E-state index in [1.807, 2.05) is 0 Å². The van der Waals surface area contributed by atoms with Crippen LogP contribution in [0.25, 0.3) is 0 Å². The maximum atomic E-state index is 12.6. The van der Waals surface area contributed by atoms with Crippen LogP contribution in [-0.2, 0) is 27.5 Å². The summed E-state index contributed by atoms with van der Waals surface area (Å²) >= 11 is 0. The lowest BCUT2D eigenvalue weighted by atomic mass is 9.82. The van der Waals surface area contributed by atoms with E-state index in [1.54, 1.807) is 31.3 Å². The van der Waals surface area contributed by atoms with Crippen molar-refractivity contribution in [3.05, 3.63) is 75.1 Å². The molecular formula is C28H29NO9. The number of benzene rings is 2. The molecule has 1 aromatic heterocycles. The largest absolute Gasteiger partial charge is 0.507 e. The van der Waals surface area contributed by atoms with Gasteiger partial charge in [0, 0.05) is 39.9 Å². The molecule has 0 fully saturated rings. The van der Waals surface area contributed by atoms with Crippen LogP contribution in [0.1, 0.15) is 74.8 Å². The topological polar surface area (TPSA) is 156 Å². The first-order valence-electron chi connectivity index (χ1n) is 11.9. The van der Waals surface area contributed by atoms with Crippen LogP contribution in [-0.4, -0.2) is 51.4 Å². The summed E-state index contributed by atoms with van der Waals surface area (Å²) in [4.78, 5) is 29.2. The van der Waals surface area contributed by atoms with Gasteiger partial charge in [-0.25, -0.2) is 0 Å². The number of aliphatic hydroxyl groups is 1. The SMILES string of the molecule is COC(=O)C[C@@H](c1ccc(OC)c(CO)c1)c1c(O)c(C(C)=O)cc([C@@H]2OCc3cnc(C)c(O)c32)c1O. The minimum Gasteiger partial charge on any atom is -0.507 e. The van der Waals surface area contributed by atoms with E-state index in [0.717, 1.165) is 0 Å². The first-order valence-corrected chi connectivity index (χ1v) is 11.9. The average molecular weight is 524 g/mol. The molecule has 2 atom stereocenters. The Hall–Kier alpha value is -4.15. The average Bonchev–Trinajstić information content (AvgIpc) is 3.34. The highest BCUT2D eigenvalue weighted by molar-refractivity contribution is 5.98. The number of esters is 1. The Bertz CT molecular complexity index is 1420. The van der Waals surface area contributed by atoms with Gasteiger partial charge in [0.1, 0.15) is 29.1 Å². The van der Waals surface area contributed by atoms with Crippen molar-refractivity contribution in [2.75, 3.05) is 14.2 Å². The zero-order chi connectivity index (χ0) is 27.7. The number of ether oxygens (including phenoxy) is 3. The fraction of sp³-hybridized carbons (Fsp3) is 0.321. The number of rotatable bonds is 8. The lowest BCUT2D eigenvalue weighted by Crippen LogP contribution is -2.14. The van der Waals surface area contributed by atoms with E-state index >= 15 is 0 Å². The highest BCUT2D eigenvalue weighted by Crippen LogP contribution is 2.50. The summed E-state index contributed by atoms with van der Waals surface area (Å²) in [6.07, 6.45) is 0.306. The smallest absolute Gasteiger partial charge is 0.306 e. The van der Waals surface area contributed by atoms with Gasteiger partial charge in [-0.15, -0.1) is 0 Å². The number of phenolic OH excluding ortho intramolecular Hbond substituents is 2. The van der Waals surface area contributed by atoms with Crippen molar-refractivity contribution in [3.63, 3.8) is 0 Å². The van der Waals surface area contributed by atoms with Gasteiger partial charge in [-0.1, -0.05) is 6.07 Å². The van der Waals surface area contributed by atoms with E-state index < -0.39 is 35.3 Å². The second-order valence-corrected chi connectivity index (χ2v) is 9.06. The molecule has 2 aromatic carbocycles. The number of methoxy groups -OCH3 is 2. The fourth-order valence-electron chi connectivity index (χ4n) is 4.84. The van der Waals surface area contributed by atoms with E-state index in [2.05, 4.69) is 4.98 Å². The molecule has 4 N–H and O–H groups in total. The van der Waals surface area contributed by atoms with Crippen molar-refractivity contribution in [1.29, 1.82) is 0 Å². The van der Waals surface area contributed by atoms with Gasteiger partial charge in [0.25, 0.3) is 0 Å². The quantitative estimate of drug-likeness (QED) is 0.254. The second kappa shape index (κ2) is 10.7. The van der Waals surface area contributed by atoms with Crippen molar-refractivity contribution >= 4 is 11.8 Å². The molecule has 10 heteroatoms. The van der Waals surface area contributed by atoms with Gasteiger partial charge < -0.3 is 34.6 Å². The molecule has 3 aromatic rings. The summed E-state index contributed by atoms with van der Waals surface area (Å²) in [5, 5.41) is 43.4. The van der Waals surface area contributed by atoms with Crippen molar-refractivity contribution in [1.82, 2.24) is 4.98 Å². The van der Waals surface area contributed by atoms with Gasteiger partial charge in [-0.3, -0.25) is 14.6 Å². The Balaban J connectivity index is 1.99. The third-order valence-corrected chi connectivity index (χ3v) is 6.85. The van der Waals surface area contributed by atoms with E-state index in [1.165, 1.54) is 27.2 Å². The van der Waals surface area contributed by atoms with Crippen LogP contribution in [0.2, 0.25) is 0 Å². The highest BCUT2D eigenvalue weighted by Gasteiger charge is 2.36. The molecule has 1 aliphatic heterocycles. The molecule has 0 bridgehead atoms. The third-order valence-electron chi connectivity index (χ3n) is 6.85. The van der Waals surface area contributed by atoms with Crippen molar-refractivity contribution in [2.45, 2.75) is 45.5 Å². The van der Waals surface area contributed by atoms with Gasteiger partial charge in [0.05, 0.1) is 45.1 Å². The number of Topliss-reactive ketones (excluding diaryl/α,β-unsaturated/α-hetero) is 1. The number of carbonyl (C=O) groups excluding carboxylic acids is 2. The van der Waals surface area contributed by atoms with Gasteiger partial charge in [0.15, 0.2) is 5.78 Å². The molecular weight excluding hydrogens is 494 g/mol. The first-order chi connectivity index (χ1) is 18.1. The minimum atomic E-state index is -0.981. The van der Waals surface area contributed by atoms with Gasteiger partial charge in [-0.05, 0) is 37.6 Å². The molecule has 0 spiro atoms. The monoisotopic (exact) mass is 523 g/mol. The number of aryl methyl sites for hydroxylation is 1. The maximum Gasteiger partial charge on any atom is 0.306 e. The zero-order valence-corrected chi connectivity index (χ0v) is 21.4. The summed E-state index contributed by atoms with van der Waals surface area (Å²) in [7, 11) is 2.67. The molecule has 0 aliphatic carbocycles. The van der Waals surface area contributed by atoms with Crippen LogP contribution < -0.4 is 4.74 Å². The fourth-order valence-corrected chi connectivity index (χ4v) is 4.84. The first kappa shape index (κ1) is 26.9. The van der Waals surface area contributed by atoms with E-state index in [9.17, 15) is 30.0 Å². The molecule has 0 saturated heterocycles. The Morgan fingerprint density at radius 1 is 1.13 bits per heavy atom. The van der Waals surface area contributed by atoms with Crippen molar-refractivity contribution < 1.29 is 44.2 Å². The van der Waals surface area contributed by atoms with E-state index in [0.29, 0.717) is 33.7 Å².